The number of amides is 2. The number of halogens is 3. The van der Waals surface area contributed by atoms with E-state index < -0.39 is 16.1 Å². The second kappa shape index (κ2) is 15.0. The molecule has 2 rings (SSSR count). The third-order valence-corrected chi connectivity index (χ3v) is 8.53. The summed E-state index contributed by atoms with van der Waals surface area (Å²) in [5, 5.41) is 3.97. The van der Waals surface area contributed by atoms with E-state index in [9.17, 15) is 18.0 Å². The van der Waals surface area contributed by atoms with Crippen LogP contribution in [-0.2, 0) is 26.2 Å². The van der Waals surface area contributed by atoms with Crippen LogP contribution in [0.1, 0.15) is 52.0 Å². The van der Waals surface area contributed by atoms with Crippen LogP contribution in [0.15, 0.2) is 36.4 Å². The highest BCUT2D eigenvalue weighted by atomic mass is 35.5. The summed E-state index contributed by atoms with van der Waals surface area (Å²) in [6, 6.07) is 8.99. The molecule has 0 unspecified atom stereocenters. The highest BCUT2D eigenvalue weighted by molar-refractivity contribution is 7.92. The smallest absolute Gasteiger partial charge is 0.243 e. The summed E-state index contributed by atoms with van der Waals surface area (Å²) in [6.07, 6.45) is 2.48. The SMILES string of the molecule is CC[C@H](C)NC(=O)[C@H](CC)N(Cc1ccc(Cl)c(Cl)c1)C(=O)CCCN(c1ccc(OC)c(Cl)c1)S(C)(=O)=O. The van der Waals surface area contributed by atoms with E-state index in [4.69, 9.17) is 39.5 Å². The molecule has 0 saturated carbocycles. The van der Waals surface area contributed by atoms with Gasteiger partial charge in [0.25, 0.3) is 0 Å². The number of ether oxygens (including phenoxy) is 1. The van der Waals surface area contributed by atoms with Crippen molar-refractivity contribution < 1.29 is 22.7 Å². The first-order valence-corrected chi connectivity index (χ1v) is 15.7. The molecule has 0 aliphatic rings. The van der Waals surface area contributed by atoms with Crippen molar-refractivity contribution in [1.29, 1.82) is 0 Å². The molecule has 0 bridgehead atoms. The van der Waals surface area contributed by atoms with Crippen molar-refractivity contribution >= 4 is 62.3 Å². The van der Waals surface area contributed by atoms with Crippen molar-refractivity contribution in [3.63, 3.8) is 0 Å². The molecule has 0 fully saturated rings. The molecule has 39 heavy (non-hydrogen) atoms. The Hall–Kier alpha value is -2.20. The van der Waals surface area contributed by atoms with Crippen molar-refractivity contribution in [3.8, 4) is 5.75 Å². The summed E-state index contributed by atoms with van der Waals surface area (Å²) in [5.74, 6) is -0.109. The van der Waals surface area contributed by atoms with E-state index in [0.717, 1.165) is 18.2 Å². The number of nitrogens with zero attached hydrogens (tertiary/aromatic N) is 2. The van der Waals surface area contributed by atoms with Gasteiger partial charge in [0, 0.05) is 25.6 Å². The van der Waals surface area contributed by atoms with Gasteiger partial charge in [-0.2, -0.15) is 0 Å². The number of anilines is 1. The number of carbonyl (C=O) groups excluding carboxylic acids is 2. The van der Waals surface area contributed by atoms with Crippen LogP contribution in [0.5, 0.6) is 5.75 Å². The maximum atomic E-state index is 13.5. The summed E-state index contributed by atoms with van der Waals surface area (Å²) in [5.41, 5.74) is 1.08. The molecule has 2 aromatic carbocycles. The van der Waals surface area contributed by atoms with Crippen molar-refractivity contribution in [2.75, 3.05) is 24.2 Å². The van der Waals surface area contributed by atoms with Gasteiger partial charge in [0.1, 0.15) is 11.8 Å². The Kier molecular flexibility index (Phi) is 12.7. The van der Waals surface area contributed by atoms with Crippen LogP contribution in [0, 0.1) is 0 Å². The molecule has 216 valence electrons. The fourth-order valence-corrected chi connectivity index (χ4v) is 5.54. The third kappa shape index (κ3) is 9.45. The maximum absolute atomic E-state index is 13.5. The van der Waals surface area contributed by atoms with Crippen molar-refractivity contribution in [2.24, 2.45) is 0 Å². The van der Waals surface area contributed by atoms with Gasteiger partial charge in [0.2, 0.25) is 21.8 Å². The van der Waals surface area contributed by atoms with Gasteiger partial charge in [-0.15, -0.1) is 0 Å². The van der Waals surface area contributed by atoms with Crippen LogP contribution >= 0.6 is 34.8 Å². The van der Waals surface area contributed by atoms with E-state index in [1.807, 2.05) is 20.8 Å². The van der Waals surface area contributed by atoms with Gasteiger partial charge in [-0.1, -0.05) is 54.7 Å². The van der Waals surface area contributed by atoms with Crippen LogP contribution in [0.3, 0.4) is 0 Å². The molecule has 2 aromatic rings. The monoisotopic (exact) mass is 619 g/mol. The molecule has 2 atom stereocenters. The number of methoxy groups -OCH3 is 1. The Labute approximate surface area is 246 Å². The Morgan fingerprint density at radius 1 is 1.00 bits per heavy atom. The summed E-state index contributed by atoms with van der Waals surface area (Å²) < 4.78 is 31.5. The zero-order valence-corrected chi connectivity index (χ0v) is 25.9. The average molecular weight is 621 g/mol. The fraction of sp³-hybridized carbons (Fsp3) is 0.481. The molecule has 0 saturated heterocycles. The molecule has 12 heteroatoms. The van der Waals surface area contributed by atoms with Gasteiger partial charge in [0.05, 0.1) is 34.1 Å². The van der Waals surface area contributed by atoms with Gasteiger partial charge in [0.15, 0.2) is 0 Å². The highest BCUT2D eigenvalue weighted by Crippen LogP contribution is 2.30. The predicted molar refractivity (Wildman–Crippen MR) is 158 cm³/mol. The standard InChI is InChI=1S/C27H36Cl3N3O5S/c1-6-18(3)31-27(35)24(7-2)32(17-19-10-12-21(28)22(29)15-19)26(34)9-8-14-33(39(5,36)37)20-11-13-25(38-4)23(30)16-20/h10-13,15-16,18,24H,6-9,14,17H2,1-5H3,(H,31,35)/t18-,24-/m0/s1. The van der Waals surface area contributed by atoms with Gasteiger partial charge in [-0.3, -0.25) is 13.9 Å². The Balaban J connectivity index is 2.27. The minimum absolute atomic E-state index is 0.0182. The second-order valence-corrected chi connectivity index (χ2v) is 12.4. The van der Waals surface area contributed by atoms with Crippen molar-refractivity contribution in [3.05, 3.63) is 57.0 Å². The molecular formula is C27H36Cl3N3O5S. The van der Waals surface area contributed by atoms with Crippen LogP contribution in [-0.4, -0.2) is 57.1 Å². The number of hydrogen-bond donors (Lipinski definition) is 1. The number of carbonyl (C=O) groups is 2. The lowest BCUT2D eigenvalue weighted by Gasteiger charge is -2.32. The van der Waals surface area contributed by atoms with Gasteiger partial charge in [-0.25, -0.2) is 8.42 Å². The quantitative estimate of drug-likeness (QED) is 0.283. The van der Waals surface area contributed by atoms with Gasteiger partial charge >= 0.3 is 0 Å². The number of benzene rings is 2. The summed E-state index contributed by atoms with van der Waals surface area (Å²) in [7, 11) is -2.19. The Bertz CT molecular complexity index is 1260. The maximum Gasteiger partial charge on any atom is 0.243 e. The molecule has 0 spiro atoms. The highest BCUT2D eigenvalue weighted by Gasteiger charge is 2.29. The first-order chi connectivity index (χ1) is 18.3. The zero-order chi connectivity index (χ0) is 29.3. The number of hydrogen-bond acceptors (Lipinski definition) is 5. The normalized spacial score (nSPS) is 12.9. The first-order valence-electron chi connectivity index (χ1n) is 12.7. The van der Waals surface area contributed by atoms with Crippen molar-refractivity contribution in [1.82, 2.24) is 10.2 Å². The Morgan fingerprint density at radius 3 is 2.23 bits per heavy atom. The van der Waals surface area contributed by atoms with Crippen LogP contribution in [0.25, 0.3) is 0 Å². The molecule has 0 radical (unpaired) electrons. The molecule has 0 aliphatic heterocycles. The van der Waals surface area contributed by atoms with Gasteiger partial charge < -0.3 is 15.0 Å². The first kappa shape index (κ1) is 33.0. The zero-order valence-electron chi connectivity index (χ0n) is 22.8. The largest absolute Gasteiger partial charge is 0.495 e. The van der Waals surface area contributed by atoms with E-state index in [1.54, 1.807) is 30.3 Å². The number of nitrogens with one attached hydrogen (secondary N) is 1. The van der Waals surface area contributed by atoms with E-state index in [1.165, 1.54) is 22.4 Å². The third-order valence-electron chi connectivity index (χ3n) is 6.30. The summed E-state index contributed by atoms with van der Waals surface area (Å²) >= 11 is 18.5. The van der Waals surface area contributed by atoms with Gasteiger partial charge in [-0.05, 0) is 62.1 Å². The molecule has 0 heterocycles. The van der Waals surface area contributed by atoms with Crippen LogP contribution in [0.4, 0.5) is 5.69 Å². The predicted octanol–water partition coefficient (Wildman–Crippen LogP) is 5.92. The minimum Gasteiger partial charge on any atom is -0.495 e. The molecule has 0 aromatic heterocycles. The average Bonchev–Trinajstić information content (AvgIpc) is 2.87. The second-order valence-electron chi connectivity index (χ2n) is 9.27. The summed E-state index contributed by atoms with van der Waals surface area (Å²) in [6.45, 7) is 5.90. The van der Waals surface area contributed by atoms with E-state index >= 15 is 0 Å². The molecular weight excluding hydrogens is 585 g/mol. The topological polar surface area (TPSA) is 96.0 Å². The Morgan fingerprint density at radius 2 is 1.69 bits per heavy atom. The van der Waals surface area contributed by atoms with Crippen LogP contribution in [0.2, 0.25) is 15.1 Å². The van der Waals surface area contributed by atoms with E-state index in [2.05, 4.69) is 5.32 Å². The number of sulfonamides is 1. The molecule has 8 nitrogen and oxygen atoms in total. The molecule has 1 N–H and O–H groups in total. The minimum atomic E-state index is -3.66. The number of rotatable bonds is 14. The summed E-state index contributed by atoms with van der Waals surface area (Å²) in [4.78, 5) is 28.2. The van der Waals surface area contributed by atoms with E-state index in [-0.39, 0.29) is 48.8 Å². The molecule has 2 amide bonds. The lowest BCUT2D eigenvalue weighted by molar-refractivity contribution is -0.141. The lowest BCUT2D eigenvalue weighted by atomic mass is 10.1. The lowest BCUT2D eigenvalue weighted by Crippen LogP contribution is -2.50. The van der Waals surface area contributed by atoms with E-state index in [0.29, 0.717) is 27.9 Å². The molecule has 0 aliphatic carbocycles. The van der Waals surface area contributed by atoms with Crippen molar-refractivity contribution in [2.45, 2.75) is 65.1 Å². The fourth-order valence-electron chi connectivity index (χ4n) is 4.01. The van der Waals surface area contributed by atoms with Crippen LogP contribution < -0.4 is 14.4 Å².